The zero-order valence-corrected chi connectivity index (χ0v) is 17.3. The number of likely N-dealkylation sites (tertiary alicyclic amines) is 1. The number of aromatic nitrogens is 5. The molecule has 4 aromatic rings. The van der Waals surface area contributed by atoms with E-state index in [4.69, 9.17) is 0 Å². The molecule has 2 N–H and O–H groups in total. The fraction of sp³-hybridized carbons (Fsp3) is 0.391. The highest BCUT2D eigenvalue weighted by molar-refractivity contribution is 5.97. The molecule has 2 saturated heterocycles. The molecule has 2 aliphatic heterocycles. The molecule has 6 heterocycles. The molecule has 2 aliphatic rings. The molecule has 2 atom stereocenters. The lowest BCUT2D eigenvalue weighted by Crippen LogP contribution is -2.42. The summed E-state index contributed by atoms with van der Waals surface area (Å²) in [5.41, 5.74) is 5.13. The Balaban J connectivity index is 1.29. The van der Waals surface area contributed by atoms with E-state index in [1.807, 2.05) is 30.6 Å². The van der Waals surface area contributed by atoms with Crippen molar-refractivity contribution in [2.24, 2.45) is 5.92 Å². The van der Waals surface area contributed by atoms with Crippen LogP contribution >= 0.6 is 0 Å². The molecule has 6 rings (SSSR count). The second-order valence-corrected chi connectivity index (χ2v) is 8.62. The van der Waals surface area contributed by atoms with Crippen LogP contribution in [0.2, 0.25) is 0 Å². The Hall–Kier alpha value is -3.26. The molecule has 0 saturated carbocycles. The SMILES string of the molecule is O=C([C@H]1CCCNC1)N1CCC(c2cc3c(-c4cnn5ncccc45)ccnc3[nH]2)C1. The highest BCUT2D eigenvalue weighted by atomic mass is 16.2. The van der Waals surface area contributed by atoms with Gasteiger partial charge >= 0.3 is 0 Å². The van der Waals surface area contributed by atoms with Crippen LogP contribution in [0.4, 0.5) is 0 Å². The summed E-state index contributed by atoms with van der Waals surface area (Å²) in [6.07, 6.45) is 8.49. The minimum Gasteiger partial charge on any atom is -0.343 e. The lowest BCUT2D eigenvalue weighted by Gasteiger charge is -2.26. The summed E-state index contributed by atoms with van der Waals surface area (Å²) >= 11 is 0. The van der Waals surface area contributed by atoms with Crippen molar-refractivity contribution in [3.63, 3.8) is 0 Å². The van der Waals surface area contributed by atoms with Crippen LogP contribution in [0.5, 0.6) is 0 Å². The number of carbonyl (C=O) groups excluding carboxylic acids is 1. The van der Waals surface area contributed by atoms with Gasteiger partial charge in [-0.15, -0.1) is 0 Å². The molecule has 8 nitrogen and oxygen atoms in total. The standard InChI is InChI=1S/C23H25N7O/c31-23(15-3-1-7-24-12-15)29-10-6-16(14-29)20-11-18-17(5-9-25-22(18)28-20)19-13-27-30-21(19)4-2-8-26-30/h2,4-5,8-9,11,13,15-16,24H,1,3,6-7,10,12,14H2,(H,25,28)/t15-,16?/m0/s1. The lowest BCUT2D eigenvalue weighted by molar-refractivity contribution is -0.135. The normalized spacial score (nSPS) is 21.9. The van der Waals surface area contributed by atoms with Crippen LogP contribution in [-0.2, 0) is 4.79 Å². The van der Waals surface area contributed by atoms with Gasteiger partial charge in [-0.2, -0.15) is 14.8 Å². The Morgan fingerprint density at radius 1 is 1.13 bits per heavy atom. The number of piperidine rings is 1. The van der Waals surface area contributed by atoms with Gasteiger partial charge in [0, 0.05) is 54.6 Å². The third kappa shape index (κ3) is 3.18. The minimum absolute atomic E-state index is 0.132. The molecule has 2 fully saturated rings. The van der Waals surface area contributed by atoms with E-state index in [0.29, 0.717) is 11.8 Å². The molecule has 0 radical (unpaired) electrons. The molecular formula is C23H25N7O. The number of fused-ring (bicyclic) bond motifs is 2. The predicted molar refractivity (Wildman–Crippen MR) is 118 cm³/mol. The van der Waals surface area contributed by atoms with Crippen LogP contribution in [0, 0.1) is 5.92 Å². The highest BCUT2D eigenvalue weighted by Gasteiger charge is 2.33. The molecule has 1 unspecified atom stereocenters. The van der Waals surface area contributed by atoms with E-state index in [1.165, 1.54) is 0 Å². The number of hydrogen-bond donors (Lipinski definition) is 2. The van der Waals surface area contributed by atoms with Gasteiger partial charge in [0.2, 0.25) is 5.91 Å². The highest BCUT2D eigenvalue weighted by Crippen LogP contribution is 2.35. The van der Waals surface area contributed by atoms with E-state index in [1.54, 1.807) is 10.8 Å². The molecule has 0 aliphatic carbocycles. The largest absolute Gasteiger partial charge is 0.343 e. The smallest absolute Gasteiger partial charge is 0.226 e. The Morgan fingerprint density at radius 2 is 2.10 bits per heavy atom. The Morgan fingerprint density at radius 3 is 3.00 bits per heavy atom. The molecule has 0 aromatic carbocycles. The third-order valence-electron chi connectivity index (χ3n) is 6.73. The second-order valence-electron chi connectivity index (χ2n) is 8.62. The number of rotatable bonds is 3. The van der Waals surface area contributed by atoms with E-state index >= 15 is 0 Å². The molecule has 4 aromatic heterocycles. The van der Waals surface area contributed by atoms with Crippen molar-refractivity contribution in [2.45, 2.75) is 25.2 Å². The van der Waals surface area contributed by atoms with Gasteiger partial charge in [-0.25, -0.2) is 4.98 Å². The summed E-state index contributed by atoms with van der Waals surface area (Å²) in [4.78, 5) is 23.1. The molecular weight excluding hydrogens is 390 g/mol. The van der Waals surface area contributed by atoms with Gasteiger partial charge < -0.3 is 15.2 Å². The Bertz CT molecular complexity index is 1250. The van der Waals surface area contributed by atoms with Gasteiger partial charge in [-0.3, -0.25) is 4.79 Å². The summed E-state index contributed by atoms with van der Waals surface area (Å²) < 4.78 is 1.65. The van der Waals surface area contributed by atoms with E-state index in [2.05, 4.69) is 36.4 Å². The number of carbonyl (C=O) groups is 1. The first-order valence-electron chi connectivity index (χ1n) is 11.0. The van der Waals surface area contributed by atoms with Crippen molar-refractivity contribution >= 4 is 22.5 Å². The van der Waals surface area contributed by atoms with E-state index in [-0.39, 0.29) is 5.92 Å². The van der Waals surface area contributed by atoms with Crippen molar-refractivity contribution in [3.8, 4) is 11.1 Å². The molecule has 8 heteroatoms. The van der Waals surface area contributed by atoms with Gasteiger partial charge in [0.1, 0.15) is 5.65 Å². The van der Waals surface area contributed by atoms with Gasteiger partial charge in [0.15, 0.2) is 0 Å². The van der Waals surface area contributed by atoms with E-state index in [0.717, 1.165) is 78.8 Å². The molecule has 31 heavy (non-hydrogen) atoms. The number of H-pyrrole nitrogens is 1. The van der Waals surface area contributed by atoms with Crippen LogP contribution in [0.3, 0.4) is 0 Å². The summed E-state index contributed by atoms with van der Waals surface area (Å²) in [5.74, 6) is 0.754. The summed E-state index contributed by atoms with van der Waals surface area (Å²) in [6.45, 7) is 3.45. The van der Waals surface area contributed by atoms with Gasteiger partial charge in [0.05, 0.1) is 17.6 Å². The Kier molecular flexibility index (Phi) is 4.45. The van der Waals surface area contributed by atoms with E-state index < -0.39 is 0 Å². The number of aromatic amines is 1. The maximum atomic E-state index is 12.9. The summed E-state index contributed by atoms with van der Waals surface area (Å²) in [5, 5.41) is 13.1. The predicted octanol–water partition coefficient (Wildman–Crippen LogP) is 2.59. The summed E-state index contributed by atoms with van der Waals surface area (Å²) in [6, 6.07) is 8.19. The van der Waals surface area contributed by atoms with Crippen molar-refractivity contribution < 1.29 is 4.79 Å². The van der Waals surface area contributed by atoms with Crippen molar-refractivity contribution in [2.75, 3.05) is 26.2 Å². The van der Waals surface area contributed by atoms with Crippen LogP contribution in [0.1, 0.15) is 30.9 Å². The first kappa shape index (κ1) is 18.5. The van der Waals surface area contributed by atoms with Crippen LogP contribution < -0.4 is 5.32 Å². The molecule has 1 amide bonds. The molecule has 158 valence electrons. The summed E-state index contributed by atoms with van der Waals surface area (Å²) in [7, 11) is 0. The van der Waals surface area contributed by atoms with Gasteiger partial charge in [-0.1, -0.05) is 0 Å². The zero-order chi connectivity index (χ0) is 20.8. The maximum absolute atomic E-state index is 12.9. The quantitative estimate of drug-likeness (QED) is 0.537. The monoisotopic (exact) mass is 415 g/mol. The third-order valence-corrected chi connectivity index (χ3v) is 6.73. The fourth-order valence-electron chi connectivity index (χ4n) is 5.08. The average molecular weight is 416 g/mol. The first-order valence-corrected chi connectivity index (χ1v) is 11.0. The number of hydrogen-bond acceptors (Lipinski definition) is 5. The number of amides is 1. The van der Waals surface area contributed by atoms with Crippen LogP contribution in [0.15, 0.2) is 42.9 Å². The fourth-order valence-corrected chi connectivity index (χ4v) is 5.08. The maximum Gasteiger partial charge on any atom is 0.226 e. The van der Waals surface area contributed by atoms with Gasteiger partial charge in [-0.05, 0) is 55.6 Å². The Labute approximate surface area is 179 Å². The van der Waals surface area contributed by atoms with Gasteiger partial charge in [0.25, 0.3) is 0 Å². The van der Waals surface area contributed by atoms with Crippen molar-refractivity contribution in [3.05, 3.63) is 48.5 Å². The van der Waals surface area contributed by atoms with Crippen molar-refractivity contribution in [1.82, 2.24) is 35.0 Å². The number of nitrogens with one attached hydrogen (secondary N) is 2. The minimum atomic E-state index is 0.132. The first-order chi connectivity index (χ1) is 15.3. The number of pyridine rings is 1. The topological polar surface area (TPSA) is 91.2 Å². The second kappa shape index (κ2) is 7.46. The zero-order valence-electron chi connectivity index (χ0n) is 17.3. The number of nitrogens with zero attached hydrogens (tertiary/aromatic N) is 5. The van der Waals surface area contributed by atoms with Crippen LogP contribution in [0.25, 0.3) is 27.7 Å². The molecule has 0 bridgehead atoms. The average Bonchev–Trinajstić information content (AvgIpc) is 3.56. The van der Waals surface area contributed by atoms with Crippen LogP contribution in [-0.4, -0.2) is 61.8 Å². The lowest BCUT2D eigenvalue weighted by atomic mass is 9.98. The molecule has 0 spiro atoms. The van der Waals surface area contributed by atoms with Crippen molar-refractivity contribution in [1.29, 1.82) is 0 Å². The van der Waals surface area contributed by atoms with E-state index in [9.17, 15) is 4.79 Å².